The first kappa shape index (κ1) is 12.2. The maximum absolute atomic E-state index is 9.04. The molecule has 13 heavy (non-hydrogen) atoms. The molecule has 0 aromatic carbocycles. The number of likely N-dealkylation sites (N-methyl/N-ethyl adjacent to an activating group) is 1. The molecule has 0 aliphatic carbocycles. The predicted octanol–water partition coefficient (Wildman–Crippen LogP) is 1.39. The van der Waals surface area contributed by atoms with Crippen molar-refractivity contribution in [1.82, 2.24) is 4.90 Å². The third-order valence-electron chi connectivity index (χ3n) is 2.24. The highest BCUT2D eigenvalue weighted by atomic mass is 16.3. The quantitative estimate of drug-likeness (QED) is 0.294. The number of azide groups is 1. The van der Waals surface area contributed by atoms with Gasteiger partial charge in [0.25, 0.3) is 0 Å². The fourth-order valence-corrected chi connectivity index (χ4v) is 0.847. The van der Waals surface area contributed by atoms with Gasteiger partial charge in [0.1, 0.15) is 0 Å². The van der Waals surface area contributed by atoms with Crippen LogP contribution in [0, 0.1) is 0 Å². The van der Waals surface area contributed by atoms with Gasteiger partial charge in [0.05, 0.1) is 6.61 Å². The summed E-state index contributed by atoms with van der Waals surface area (Å²) in [6, 6.07) is 0. The van der Waals surface area contributed by atoms with Crippen LogP contribution in [-0.4, -0.2) is 42.3 Å². The van der Waals surface area contributed by atoms with Gasteiger partial charge in [-0.2, -0.15) is 0 Å². The third kappa shape index (κ3) is 4.72. The molecule has 0 heterocycles. The molecule has 0 spiro atoms. The van der Waals surface area contributed by atoms with Crippen LogP contribution in [0.3, 0.4) is 0 Å². The molecule has 0 radical (unpaired) electrons. The van der Waals surface area contributed by atoms with Gasteiger partial charge in [0.15, 0.2) is 0 Å². The molecule has 0 fully saturated rings. The van der Waals surface area contributed by atoms with Crippen LogP contribution in [0.5, 0.6) is 0 Å². The fourth-order valence-electron chi connectivity index (χ4n) is 0.847. The molecule has 0 unspecified atom stereocenters. The van der Waals surface area contributed by atoms with Gasteiger partial charge in [-0.1, -0.05) is 5.11 Å². The Kier molecular flexibility index (Phi) is 5.46. The fraction of sp³-hybridized carbons (Fsp3) is 1.00. The van der Waals surface area contributed by atoms with Gasteiger partial charge in [0.2, 0.25) is 0 Å². The van der Waals surface area contributed by atoms with Crippen molar-refractivity contribution in [3.63, 3.8) is 0 Å². The zero-order chi connectivity index (χ0) is 10.3. The van der Waals surface area contributed by atoms with Gasteiger partial charge in [-0.15, -0.1) is 0 Å². The maximum atomic E-state index is 9.04. The average Bonchev–Trinajstić information content (AvgIpc) is 2.12. The predicted molar refractivity (Wildman–Crippen MR) is 52.4 cm³/mol. The zero-order valence-corrected chi connectivity index (χ0v) is 8.56. The van der Waals surface area contributed by atoms with E-state index in [9.17, 15) is 0 Å². The van der Waals surface area contributed by atoms with E-state index in [1.54, 1.807) is 0 Å². The summed E-state index contributed by atoms with van der Waals surface area (Å²) in [5, 5.41) is 12.5. The Balaban J connectivity index is 3.73. The monoisotopic (exact) mass is 186 g/mol. The number of hydrogen-bond acceptors (Lipinski definition) is 3. The summed E-state index contributed by atoms with van der Waals surface area (Å²) >= 11 is 0. The number of rotatable bonds is 6. The summed E-state index contributed by atoms with van der Waals surface area (Å²) in [5.41, 5.74) is 7.84. The summed E-state index contributed by atoms with van der Waals surface area (Å²) in [7, 11) is 1.95. The molecular weight excluding hydrogens is 168 g/mol. The first-order valence-electron chi connectivity index (χ1n) is 4.37. The Morgan fingerprint density at radius 2 is 2.15 bits per heavy atom. The molecule has 0 amide bonds. The van der Waals surface area contributed by atoms with Gasteiger partial charge in [-0.05, 0) is 39.4 Å². The van der Waals surface area contributed by atoms with E-state index in [4.69, 9.17) is 10.6 Å². The first-order valence-corrected chi connectivity index (χ1v) is 4.37. The molecule has 0 aliphatic heterocycles. The summed E-state index contributed by atoms with van der Waals surface area (Å²) in [4.78, 5) is 4.73. The Morgan fingerprint density at radius 3 is 2.62 bits per heavy atom. The molecular formula is C8H18N4O. The van der Waals surface area contributed by atoms with E-state index in [2.05, 4.69) is 14.9 Å². The summed E-state index contributed by atoms with van der Waals surface area (Å²) < 4.78 is 0. The van der Waals surface area contributed by atoms with Crippen LogP contribution in [0.25, 0.3) is 10.4 Å². The molecule has 0 aromatic heterocycles. The second-order valence-corrected chi connectivity index (χ2v) is 3.70. The van der Waals surface area contributed by atoms with E-state index in [0.29, 0.717) is 6.54 Å². The van der Waals surface area contributed by atoms with Crippen molar-refractivity contribution < 1.29 is 5.11 Å². The van der Waals surface area contributed by atoms with Crippen molar-refractivity contribution in [1.29, 1.82) is 0 Å². The van der Waals surface area contributed by atoms with E-state index in [1.807, 2.05) is 20.9 Å². The lowest BCUT2D eigenvalue weighted by molar-refractivity contribution is 0.0787. The second-order valence-electron chi connectivity index (χ2n) is 3.70. The van der Waals surface area contributed by atoms with E-state index in [-0.39, 0.29) is 12.1 Å². The van der Waals surface area contributed by atoms with Crippen LogP contribution in [0.15, 0.2) is 5.11 Å². The maximum Gasteiger partial charge on any atom is 0.0609 e. The summed E-state index contributed by atoms with van der Waals surface area (Å²) in [6.07, 6.45) is 0.823. The van der Waals surface area contributed by atoms with Crippen molar-refractivity contribution in [2.24, 2.45) is 5.11 Å². The lowest BCUT2D eigenvalue weighted by Gasteiger charge is -2.33. The molecule has 0 atom stereocenters. The highest BCUT2D eigenvalue weighted by molar-refractivity contribution is 4.77. The van der Waals surface area contributed by atoms with Crippen LogP contribution in [0.2, 0.25) is 0 Å². The molecule has 0 rings (SSSR count). The Bertz CT molecular complexity index is 187. The van der Waals surface area contributed by atoms with Crippen molar-refractivity contribution in [2.75, 3.05) is 26.7 Å². The molecule has 5 heteroatoms. The molecule has 76 valence electrons. The third-order valence-corrected chi connectivity index (χ3v) is 2.24. The highest BCUT2D eigenvalue weighted by Gasteiger charge is 2.21. The average molecular weight is 186 g/mol. The van der Waals surface area contributed by atoms with Crippen LogP contribution < -0.4 is 0 Å². The van der Waals surface area contributed by atoms with Crippen LogP contribution >= 0.6 is 0 Å². The van der Waals surface area contributed by atoms with Gasteiger partial charge < -0.3 is 5.11 Å². The zero-order valence-electron chi connectivity index (χ0n) is 8.56. The van der Waals surface area contributed by atoms with Crippen LogP contribution in [-0.2, 0) is 0 Å². The SMILES string of the molecule is CN(CCCN=[N+]=[N-])C(C)(C)CO. The van der Waals surface area contributed by atoms with Gasteiger partial charge in [-0.3, -0.25) is 4.90 Å². The van der Waals surface area contributed by atoms with E-state index in [1.165, 1.54) is 0 Å². The molecule has 0 aromatic rings. The summed E-state index contributed by atoms with van der Waals surface area (Å²) in [5.74, 6) is 0. The minimum Gasteiger partial charge on any atom is -0.394 e. The summed E-state index contributed by atoms with van der Waals surface area (Å²) in [6.45, 7) is 5.42. The number of aliphatic hydroxyl groups is 1. The minimum absolute atomic E-state index is 0.130. The number of hydrogen-bond donors (Lipinski definition) is 1. The van der Waals surface area contributed by atoms with Gasteiger partial charge in [-0.25, -0.2) is 0 Å². The van der Waals surface area contributed by atoms with Gasteiger partial charge in [0, 0.05) is 17.0 Å². The smallest absolute Gasteiger partial charge is 0.0609 e. The Labute approximate surface area is 79.0 Å². The first-order chi connectivity index (χ1) is 6.04. The van der Waals surface area contributed by atoms with Crippen molar-refractivity contribution >= 4 is 0 Å². The van der Waals surface area contributed by atoms with Gasteiger partial charge >= 0.3 is 0 Å². The molecule has 5 nitrogen and oxygen atoms in total. The molecule has 1 N–H and O–H groups in total. The van der Waals surface area contributed by atoms with E-state index < -0.39 is 0 Å². The molecule has 0 saturated carbocycles. The van der Waals surface area contributed by atoms with E-state index >= 15 is 0 Å². The number of aliphatic hydroxyl groups excluding tert-OH is 1. The highest BCUT2D eigenvalue weighted by Crippen LogP contribution is 2.10. The van der Waals surface area contributed by atoms with Crippen molar-refractivity contribution in [3.8, 4) is 0 Å². The minimum atomic E-state index is -0.198. The van der Waals surface area contributed by atoms with Crippen LogP contribution in [0.1, 0.15) is 20.3 Å². The van der Waals surface area contributed by atoms with Crippen LogP contribution in [0.4, 0.5) is 0 Å². The Hall–Kier alpha value is -0.770. The lowest BCUT2D eigenvalue weighted by Crippen LogP contribution is -2.44. The number of nitrogens with zero attached hydrogens (tertiary/aromatic N) is 4. The topological polar surface area (TPSA) is 72.2 Å². The lowest BCUT2D eigenvalue weighted by atomic mass is 10.1. The van der Waals surface area contributed by atoms with Crippen molar-refractivity contribution in [3.05, 3.63) is 10.4 Å². The standard InChI is InChI=1S/C8H18N4O/c1-8(2,7-13)12(3)6-4-5-10-11-9/h13H,4-7H2,1-3H3. The normalized spacial score (nSPS) is 11.5. The Morgan fingerprint density at radius 1 is 1.54 bits per heavy atom. The largest absolute Gasteiger partial charge is 0.394 e. The second kappa shape index (κ2) is 5.80. The molecule has 0 bridgehead atoms. The molecule has 0 saturated heterocycles. The van der Waals surface area contributed by atoms with E-state index in [0.717, 1.165) is 13.0 Å². The molecule has 0 aliphatic rings. The van der Waals surface area contributed by atoms with Crippen molar-refractivity contribution in [2.45, 2.75) is 25.8 Å².